The van der Waals surface area contributed by atoms with Gasteiger partial charge in [0.2, 0.25) is 11.8 Å². The van der Waals surface area contributed by atoms with Crippen LogP contribution >= 0.6 is 11.3 Å². The second kappa shape index (κ2) is 6.80. The van der Waals surface area contributed by atoms with Crippen LogP contribution in [0.4, 0.5) is 0 Å². The third-order valence-electron chi connectivity index (χ3n) is 3.92. The van der Waals surface area contributed by atoms with E-state index >= 15 is 0 Å². The molecule has 2 heterocycles. The van der Waals surface area contributed by atoms with Crippen molar-refractivity contribution in [3.63, 3.8) is 0 Å². The van der Waals surface area contributed by atoms with Crippen LogP contribution in [0.25, 0.3) is 11.5 Å². The molecule has 1 aromatic carbocycles. The van der Waals surface area contributed by atoms with Gasteiger partial charge in [0.05, 0.1) is 11.4 Å². The third kappa shape index (κ3) is 3.96. The summed E-state index contributed by atoms with van der Waals surface area (Å²) < 4.78 is 5.72. The van der Waals surface area contributed by atoms with Crippen LogP contribution in [0.5, 0.6) is 0 Å². The highest BCUT2D eigenvalue weighted by Crippen LogP contribution is 2.25. The van der Waals surface area contributed by atoms with Crippen LogP contribution in [0, 0.1) is 0 Å². The molecule has 0 saturated carbocycles. The van der Waals surface area contributed by atoms with Crippen LogP contribution in [0.2, 0.25) is 0 Å². The number of carbonyl (C=O) groups is 1. The summed E-state index contributed by atoms with van der Waals surface area (Å²) in [6.07, 6.45) is 0. The Morgan fingerprint density at radius 2 is 1.88 bits per heavy atom. The predicted molar refractivity (Wildman–Crippen MR) is 98.6 cm³/mol. The van der Waals surface area contributed by atoms with Crippen molar-refractivity contribution in [3.8, 4) is 11.5 Å². The molecule has 0 aliphatic carbocycles. The molecule has 0 atom stereocenters. The molecule has 0 N–H and O–H groups in total. The third-order valence-corrected chi connectivity index (χ3v) is 4.77. The molecule has 6 heteroatoms. The largest absolute Gasteiger partial charge is 0.419 e. The summed E-state index contributed by atoms with van der Waals surface area (Å²) in [5.41, 5.74) is 2.22. The van der Waals surface area contributed by atoms with Crippen LogP contribution in [-0.2, 0) is 12.0 Å². The zero-order valence-corrected chi connectivity index (χ0v) is 15.6. The highest BCUT2D eigenvalue weighted by Gasteiger charge is 2.17. The second-order valence-corrected chi connectivity index (χ2v) is 7.91. The zero-order valence-electron chi connectivity index (χ0n) is 14.8. The fraction of sp³-hybridized carbons (Fsp3) is 0.316. The van der Waals surface area contributed by atoms with Crippen LogP contribution < -0.4 is 0 Å². The highest BCUT2D eigenvalue weighted by atomic mass is 32.1. The van der Waals surface area contributed by atoms with E-state index in [-0.39, 0.29) is 17.9 Å². The predicted octanol–water partition coefficient (Wildman–Crippen LogP) is 4.37. The Balaban J connectivity index is 1.71. The number of amides is 1. The molecule has 0 bridgehead atoms. The van der Waals surface area contributed by atoms with Crippen molar-refractivity contribution in [2.24, 2.45) is 0 Å². The Morgan fingerprint density at radius 3 is 2.48 bits per heavy atom. The maximum absolute atomic E-state index is 12.3. The first-order valence-electron chi connectivity index (χ1n) is 8.07. The number of thiophene rings is 1. The fourth-order valence-electron chi connectivity index (χ4n) is 2.41. The standard InChI is InChI=1S/C19H21N3O2S/c1-19(2,3)14-9-7-13(8-10-14)17-21-20-16(24-17)12-22(4)18(23)15-6-5-11-25-15/h5-11H,12H2,1-4H3. The molecule has 2 aromatic heterocycles. The Bertz CT molecular complexity index is 846. The van der Waals surface area contributed by atoms with Crippen LogP contribution in [0.1, 0.15) is 41.9 Å². The van der Waals surface area contributed by atoms with Gasteiger partial charge in [-0.15, -0.1) is 21.5 Å². The molecule has 130 valence electrons. The van der Waals surface area contributed by atoms with Crippen molar-refractivity contribution < 1.29 is 9.21 Å². The van der Waals surface area contributed by atoms with Gasteiger partial charge in [-0.05, 0) is 34.6 Å². The second-order valence-electron chi connectivity index (χ2n) is 6.97. The normalized spacial score (nSPS) is 11.5. The van der Waals surface area contributed by atoms with E-state index in [2.05, 4.69) is 43.1 Å². The molecule has 5 nitrogen and oxygen atoms in total. The van der Waals surface area contributed by atoms with Crippen molar-refractivity contribution in [2.75, 3.05) is 7.05 Å². The number of carbonyl (C=O) groups excluding carboxylic acids is 1. The molecule has 3 aromatic rings. The van der Waals surface area contributed by atoms with Gasteiger partial charge < -0.3 is 9.32 Å². The van der Waals surface area contributed by atoms with E-state index in [0.717, 1.165) is 5.56 Å². The number of aromatic nitrogens is 2. The first-order valence-corrected chi connectivity index (χ1v) is 8.95. The number of hydrogen-bond donors (Lipinski definition) is 0. The minimum atomic E-state index is -0.0516. The van der Waals surface area contributed by atoms with Crippen molar-refractivity contribution >= 4 is 17.2 Å². The number of nitrogens with zero attached hydrogens (tertiary/aromatic N) is 3. The molecule has 0 spiro atoms. The van der Waals surface area contributed by atoms with Gasteiger partial charge in [-0.25, -0.2) is 0 Å². The summed E-state index contributed by atoms with van der Waals surface area (Å²) in [7, 11) is 1.73. The van der Waals surface area contributed by atoms with Gasteiger partial charge in [-0.3, -0.25) is 4.79 Å². The fourth-order valence-corrected chi connectivity index (χ4v) is 3.13. The van der Waals surface area contributed by atoms with E-state index in [4.69, 9.17) is 4.42 Å². The smallest absolute Gasteiger partial charge is 0.264 e. The summed E-state index contributed by atoms with van der Waals surface area (Å²) in [6.45, 7) is 6.80. The van der Waals surface area contributed by atoms with E-state index in [0.29, 0.717) is 16.7 Å². The van der Waals surface area contributed by atoms with E-state index in [1.165, 1.54) is 16.9 Å². The van der Waals surface area contributed by atoms with Crippen LogP contribution in [0.15, 0.2) is 46.2 Å². The number of benzene rings is 1. The maximum atomic E-state index is 12.3. The number of rotatable bonds is 4. The van der Waals surface area contributed by atoms with Gasteiger partial charge in [-0.1, -0.05) is 39.0 Å². The Hall–Kier alpha value is -2.47. The Morgan fingerprint density at radius 1 is 1.16 bits per heavy atom. The monoisotopic (exact) mass is 355 g/mol. The van der Waals surface area contributed by atoms with Gasteiger partial charge in [0.15, 0.2) is 0 Å². The van der Waals surface area contributed by atoms with Crippen LogP contribution in [0.3, 0.4) is 0 Å². The lowest BCUT2D eigenvalue weighted by Gasteiger charge is -2.18. The summed E-state index contributed by atoms with van der Waals surface area (Å²) in [5, 5.41) is 10.0. The first-order chi connectivity index (χ1) is 11.8. The molecule has 0 saturated heterocycles. The SMILES string of the molecule is CN(Cc1nnc(-c2ccc(C(C)(C)C)cc2)o1)C(=O)c1cccs1. The van der Waals surface area contributed by atoms with E-state index < -0.39 is 0 Å². The van der Waals surface area contributed by atoms with E-state index in [1.807, 2.05) is 23.6 Å². The number of hydrogen-bond acceptors (Lipinski definition) is 5. The molecule has 0 radical (unpaired) electrons. The lowest BCUT2D eigenvalue weighted by Crippen LogP contribution is -2.25. The zero-order chi connectivity index (χ0) is 18.0. The minimum Gasteiger partial charge on any atom is -0.419 e. The maximum Gasteiger partial charge on any atom is 0.264 e. The van der Waals surface area contributed by atoms with Gasteiger partial charge in [-0.2, -0.15) is 0 Å². The summed E-state index contributed by atoms with van der Waals surface area (Å²) in [5.74, 6) is 0.832. The molecular weight excluding hydrogens is 334 g/mol. The van der Waals surface area contributed by atoms with Crippen molar-refractivity contribution in [2.45, 2.75) is 32.7 Å². The lowest BCUT2D eigenvalue weighted by atomic mass is 9.87. The van der Waals surface area contributed by atoms with Crippen molar-refractivity contribution in [1.82, 2.24) is 15.1 Å². The topological polar surface area (TPSA) is 59.2 Å². The average molecular weight is 355 g/mol. The van der Waals surface area contributed by atoms with Crippen LogP contribution in [-0.4, -0.2) is 28.1 Å². The average Bonchev–Trinajstić information content (AvgIpc) is 3.25. The summed E-state index contributed by atoms with van der Waals surface area (Å²) >= 11 is 1.42. The lowest BCUT2D eigenvalue weighted by molar-refractivity contribution is 0.0778. The minimum absolute atomic E-state index is 0.0516. The van der Waals surface area contributed by atoms with Gasteiger partial charge in [0.1, 0.15) is 0 Å². The molecule has 3 rings (SSSR count). The molecule has 0 aliphatic heterocycles. The quantitative estimate of drug-likeness (QED) is 0.697. The van der Waals surface area contributed by atoms with Gasteiger partial charge in [0.25, 0.3) is 5.91 Å². The molecule has 1 amide bonds. The van der Waals surface area contributed by atoms with Crippen molar-refractivity contribution in [1.29, 1.82) is 0 Å². The molecule has 0 unspecified atom stereocenters. The molecule has 0 aliphatic rings. The van der Waals surface area contributed by atoms with Gasteiger partial charge in [0, 0.05) is 12.6 Å². The molecule has 25 heavy (non-hydrogen) atoms. The molecule has 0 fully saturated rings. The summed E-state index contributed by atoms with van der Waals surface area (Å²) in [6, 6.07) is 11.8. The highest BCUT2D eigenvalue weighted by molar-refractivity contribution is 7.12. The van der Waals surface area contributed by atoms with E-state index in [9.17, 15) is 4.79 Å². The Kier molecular flexibility index (Phi) is 4.72. The van der Waals surface area contributed by atoms with E-state index in [1.54, 1.807) is 18.0 Å². The molecular formula is C19H21N3O2S. The van der Waals surface area contributed by atoms with Gasteiger partial charge >= 0.3 is 0 Å². The van der Waals surface area contributed by atoms with Crippen molar-refractivity contribution in [3.05, 3.63) is 58.1 Å². The summed E-state index contributed by atoms with van der Waals surface area (Å²) in [4.78, 5) is 14.5. The first kappa shape index (κ1) is 17.4. The Labute approximate surface area is 151 Å².